The molecular weight excluding hydrogens is 422 g/mol. The number of aryl methyl sites for hydroxylation is 2. The van der Waals surface area contributed by atoms with E-state index in [1.807, 2.05) is 56.3 Å². The smallest absolute Gasteiger partial charge is 0.273 e. The van der Waals surface area contributed by atoms with E-state index in [0.29, 0.717) is 22.9 Å². The molecule has 1 amide bonds. The number of nitrogens with one attached hydrogen (secondary N) is 2. The van der Waals surface area contributed by atoms with Crippen LogP contribution in [0.15, 0.2) is 53.0 Å². The van der Waals surface area contributed by atoms with Crippen LogP contribution >= 0.6 is 15.9 Å². The number of carbonyl (C=O) groups excluding carboxylic acids is 1. The van der Waals surface area contributed by atoms with E-state index in [0.717, 1.165) is 21.3 Å². The molecule has 2 heterocycles. The first-order valence-electron chi connectivity index (χ1n) is 8.50. The lowest BCUT2D eigenvalue weighted by Crippen LogP contribution is -2.13. The fourth-order valence-electron chi connectivity index (χ4n) is 2.77. The lowest BCUT2D eigenvalue weighted by molar-refractivity contribution is 0.102. The highest BCUT2D eigenvalue weighted by Gasteiger charge is 2.13. The van der Waals surface area contributed by atoms with Crippen LogP contribution in [0.4, 0.5) is 5.69 Å². The summed E-state index contributed by atoms with van der Waals surface area (Å²) in [4.78, 5) is 12.6. The lowest BCUT2D eigenvalue weighted by Gasteiger charge is -2.10. The average Bonchev–Trinajstić information content (AvgIpc) is 3.33. The molecule has 2 aromatic carbocycles. The molecule has 0 fully saturated rings. The van der Waals surface area contributed by atoms with Gasteiger partial charge in [0.15, 0.2) is 5.82 Å². The third-order valence-electron chi connectivity index (χ3n) is 4.28. The highest BCUT2D eigenvalue weighted by Crippen LogP contribution is 2.22. The van der Waals surface area contributed by atoms with Gasteiger partial charge in [0, 0.05) is 15.7 Å². The standard InChI is InChI=1S/C19H16BrN7O/c1-11-3-8-15(9-18(11)27-12(2)22-25-26-27)21-19(28)17-10-16(23-24-17)13-4-6-14(20)7-5-13/h3-10H,1-2H3,(H,21,28)(H,23,24). The average molecular weight is 438 g/mol. The Morgan fingerprint density at radius 2 is 1.89 bits per heavy atom. The summed E-state index contributed by atoms with van der Waals surface area (Å²) >= 11 is 3.41. The van der Waals surface area contributed by atoms with Gasteiger partial charge in [-0.1, -0.05) is 34.1 Å². The molecule has 9 heteroatoms. The predicted octanol–water partition coefficient (Wildman–Crippen LogP) is 3.68. The molecule has 0 aliphatic heterocycles. The first-order valence-corrected chi connectivity index (χ1v) is 9.29. The van der Waals surface area contributed by atoms with Gasteiger partial charge in [-0.3, -0.25) is 9.89 Å². The largest absolute Gasteiger partial charge is 0.321 e. The SMILES string of the molecule is Cc1ccc(NC(=O)c2cc(-c3ccc(Br)cc3)n[nH]2)cc1-n1nnnc1C. The molecule has 8 nitrogen and oxygen atoms in total. The fraction of sp³-hybridized carbons (Fsp3) is 0.105. The summed E-state index contributed by atoms with van der Waals surface area (Å²) in [5.74, 6) is 0.387. The zero-order chi connectivity index (χ0) is 19.7. The first kappa shape index (κ1) is 18.1. The Kier molecular flexibility index (Phi) is 4.74. The minimum absolute atomic E-state index is 0.279. The fourth-order valence-corrected chi connectivity index (χ4v) is 3.04. The number of amides is 1. The normalized spacial score (nSPS) is 10.8. The molecule has 4 aromatic rings. The summed E-state index contributed by atoms with van der Waals surface area (Å²) in [6.45, 7) is 3.78. The van der Waals surface area contributed by atoms with E-state index in [-0.39, 0.29) is 5.91 Å². The maximum atomic E-state index is 12.6. The Bertz CT molecular complexity index is 1150. The minimum Gasteiger partial charge on any atom is -0.321 e. The second-order valence-corrected chi connectivity index (χ2v) is 7.18. The van der Waals surface area contributed by atoms with Crippen molar-refractivity contribution in [2.24, 2.45) is 0 Å². The zero-order valence-corrected chi connectivity index (χ0v) is 16.7. The van der Waals surface area contributed by atoms with E-state index in [1.165, 1.54) is 0 Å². The van der Waals surface area contributed by atoms with Crippen molar-refractivity contribution in [2.45, 2.75) is 13.8 Å². The van der Waals surface area contributed by atoms with Crippen molar-refractivity contribution < 1.29 is 4.79 Å². The number of hydrogen-bond donors (Lipinski definition) is 2. The second kappa shape index (κ2) is 7.35. The number of tetrazole rings is 1. The molecule has 4 rings (SSSR count). The van der Waals surface area contributed by atoms with Crippen LogP contribution in [0.25, 0.3) is 16.9 Å². The van der Waals surface area contributed by atoms with Crippen LogP contribution in [-0.4, -0.2) is 36.3 Å². The van der Waals surface area contributed by atoms with Gasteiger partial charge in [-0.15, -0.1) is 5.10 Å². The Hall–Kier alpha value is -3.33. The molecule has 0 spiro atoms. The quantitative estimate of drug-likeness (QED) is 0.506. The molecule has 0 atom stereocenters. The number of aromatic amines is 1. The van der Waals surface area contributed by atoms with Gasteiger partial charge in [-0.2, -0.15) is 9.78 Å². The molecule has 140 valence electrons. The van der Waals surface area contributed by atoms with E-state index >= 15 is 0 Å². The number of aromatic nitrogens is 6. The van der Waals surface area contributed by atoms with Crippen LogP contribution in [0, 0.1) is 13.8 Å². The van der Waals surface area contributed by atoms with Crippen molar-refractivity contribution in [3.05, 3.63) is 70.1 Å². The Morgan fingerprint density at radius 1 is 1.11 bits per heavy atom. The van der Waals surface area contributed by atoms with Crippen LogP contribution in [0.2, 0.25) is 0 Å². The van der Waals surface area contributed by atoms with Crippen molar-refractivity contribution in [3.8, 4) is 16.9 Å². The number of rotatable bonds is 4. The molecule has 2 N–H and O–H groups in total. The summed E-state index contributed by atoms with van der Waals surface area (Å²) in [6, 6.07) is 15.0. The number of nitrogens with zero attached hydrogens (tertiary/aromatic N) is 5. The van der Waals surface area contributed by atoms with Gasteiger partial charge in [-0.05, 0) is 60.2 Å². The molecular formula is C19H16BrN7O. The monoisotopic (exact) mass is 437 g/mol. The number of carbonyl (C=O) groups is 1. The predicted molar refractivity (Wildman–Crippen MR) is 108 cm³/mol. The number of benzene rings is 2. The van der Waals surface area contributed by atoms with Crippen molar-refractivity contribution in [3.63, 3.8) is 0 Å². The third kappa shape index (κ3) is 3.56. The molecule has 0 aliphatic rings. The van der Waals surface area contributed by atoms with E-state index in [2.05, 4.69) is 47.0 Å². The highest BCUT2D eigenvalue weighted by molar-refractivity contribution is 9.10. The minimum atomic E-state index is -0.279. The maximum absolute atomic E-state index is 12.6. The summed E-state index contributed by atoms with van der Waals surface area (Å²) in [5, 5.41) is 21.5. The van der Waals surface area contributed by atoms with Crippen molar-refractivity contribution in [1.29, 1.82) is 0 Å². The lowest BCUT2D eigenvalue weighted by atomic mass is 10.1. The van der Waals surface area contributed by atoms with Crippen molar-refractivity contribution >= 4 is 27.5 Å². The third-order valence-corrected chi connectivity index (χ3v) is 4.81. The second-order valence-electron chi connectivity index (χ2n) is 6.27. The van der Waals surface area contributed by atoms with Crippen LogP contribution in [0.3, 0.4) is 0 Å². The van der Waals surface area contributed by atoms with Crippen LogP contribution in [-0.2, 0) is 0 Å². The number of halogens is 1. The molecule has 2 aromatic heterocycles. The van der Waals surface area contributed by atoms with Crippen LogP contribution in [0.1, 0.15) is 21.9 Å². The van der Waals surface area contributed by atoms with E-state index in [1.54, 1.807) is 10.7 Å². The number of H-pyrrole nitrogens is 1. The number of hydrogen-bond acceptors (Lipinski definition) is 5. The highest BCUT2D eigenvalue weighted by atomic mass is 79.9. The summed E-state index contributed by atoms with van der Waals surface area (Å²) in [6.07, 6.45) is 0. The molecule has 0 aliphatic carbocycles. The van der Waals surface area contributed by atoms with Crippen molar-refractivity contribution in [1.82, 2.24) is 30.4 Å². The van der Waals surface area contributed by atoms with Gasteiger partial charge in [-0.25, -0.2) is 0 Å². The van der Waals surface area contributed by atoms with Crippen molar-refractivity contribution in [2.75, 3.05) is 5.32 Å². The Labute approximate surface area is 169 Å². The topological polar surface area (TPSA) is 101 Å². The molecule has 28 heavy (non-hydrogen) atoms. The van der Waals surface area contributed by atoms with E-state index in [4.69, 9.17) is 0 Å². The Morgan fingerprint density at radius 3 is 2.61 bits per heavy atom. The maximum Gasteiger partial charge on any atom is 0.273 e. The van der Waals surface area contributed by atoms with E-state index < -0.39 is 0 Å². The van der Waals surface area contributed by atoms with Gasteiger partial charge in [0.05, 0.1) is 11.4 Å². The van der Waals surface area contributed by atoms with Gasteiger partial charge in [0.2, 0.25) is 0 Å². The first-order chi connectivity index (χ1) is 13.5. The summed E-state index contributed by atoms with van der Waals surface area (Å²) < 4.78 is 2.62. The van der Waals surface area contributed by atoms with E-state index in [9.17, 15) is 4.79 Å². The van der Waals surface area contributed by atoms with Crippen LogP contribution < -0.4 is 5.32 Å². The molecule has 0 saturated heterocycles. The molecule has 0 bridgehead atoms. The molecule has 0 radical (unpaired) electrons. The Balaban J connectivity index is 1.56. The zero-order valence-electron chi connectivity index (χ0n) is 15.1. The van der Waals surface area contributed by atoms with Gasteiger partial charge >= 0.3 is 0 Å². The van der Waals surface area contributed by atoms with Gasteiger partial charge in [0.25, 0.3) is 5.91 Å². The van der Waals surface area contributed by atoms with Crippen LogP contribution in [0.5, 0.6) is 0 Å². The molecule has 0 saturated carbocycles. The molecule has 0 unspecified atom stereocenters. The summed E-state index contributed by atoms with van der Waals surface area (Å²) in [5.41, 5.74) is 4.43. The van der Waals surface area contributed by atoms with Gasteiger partial charge < -0.3 is 5.32 Å². The van der Waals surface area contributed by atoms with Gasteiger partial charge in [0.1, 0.15) is 5.69 Å². The summed E-state index contributed by atoms with van der Waals surface area (Å²) in [7, 11) is 0. The number of anilines is 1.